The summed E-state index contributed by atoms with van der Waals surface area (Å²) in [6.07, 6.45) is 7.82. The highest BCUT2D eigenvalue weighted by Crippen LogP contribution is 2.23. The molecule has 3 N–H and O–H groups in total. The van der Waals surface area contributed by atoms with Gasteiger partial charge in [0.15, 0.2) is 0 Å². The standard InChI is InChI=1S/C27H36FN5O4/c1-20-4-2-3-5-22(20)25(29)17-21-6-7-24(28)23(16-21)27(36)33-12-10-32(11-13-33)26(35)18-30-8-14-37-15-9-31-19-34/h2-3,5-7,16,19-20,29-30H,4,8-15,17-18H2,1H3,(H,31,34). The average molecular weight is 514 g/mol. The molecule has 0 spiro atoms. The van der Waals surface area contributed by atoms with E-state index in [0.717, 1.165) is 17.6 Å². The Morgan fingerprint density at radius 2 is 1.89 bits per heavy atom. The first-order valence-corrected chi connectivity index (χ1v) is 12.7. The van der Waals surface area contributed by atoms with Crippen molar-refractivity contribution < 1.29 is 23.5 Å². The number of carbonyl (C=O) groups excluding carboxylic acids is 3. The summed E-state index contributed by atoms with van der Waals surface area (Å²) in [4.78, 5) is 38.9. The lowest BCUT2D eigenvalue weighted by atomic mass is 9.87. The predicted molar refractivity (Wildman–Crippen MR) is 139 cm³/mol. The molecular formula is C27H36FN5O4. The SMILES string of the molecule is CC1CC=CC=C1C(=N)Cc1ccc(F)c(C(=O)N2CCN(C(=O)CNCCOCCNC=O)CC2)c1. The van der Waals surface area contributed by atoms with Crippen LogP contribution in [0, 0.1) is 17.1 Å². The van der Waals surface area contributed by atoms with Crippen LogP contribution in [0.2, 0.25) is 0 Å². The van der Waals surface area contributed by atoms with Gasteiger partial charge in [-0.15, -0.1) is 0 Å². The minimum absolute atomic E-state index is 0.000605. The maximum atomic E-state index is 14.6. The summed E-state index contributed by atoms with van der Waals surface area (Å²) in [5.74, 6) is -0.785. The van der Waals surface area contributed by atoms with Gasteiger partial charge in [-0.25, -0.2) is 4.39 Å². The Morgan fingerprint density at radius 3 is 2.62 bits per heavy atom. The lowest BCUT2D eigenvalue weighted by Gasteiger charge is -2.35. The predicted octanol–water partition coefficient (Wildman–Crippen LogP) is 1.55. The smallest absolute Gasteiger partial charge is 0.256 e. The number of piperazine rings is 1. The molecule has 1 fully saturated rings. The number of nitrogens with zero attached hydrogens (tertiary/aromatic N) is 2. The average Bonchev–Trinajstić information content (AvgIpc) is 2.91. The first-order valence-electron chi connectivity index (χ1n) is 12.7. The lowest BCUT2D eigenvalue weighted by molar-refractivity contribution is -0.131. The van der Waals surface area contributed by atoms with Crippen LogP contribution in [0.5, 0.6) is 0 Å². The molecule has 1 unspecified atom stereocenters. The molecule has 37 heavy (non-hydrogen) atoms. The van der Waals surface area contributed by atoms with Gasteiger partial charge < -0.3 is 30.6 Å². The Kier molecular flexibility index (Phi) is 11.0. The maximum absolute atomic E-state index is 14.6. The molecule has 2 aliphatic rings. The van der Waals surface area contributed by atoms with Crippen molar-refractivity contribution in [3.05, 3.63) is 58.9 Å². The van der Waals surface area contributed by atoms with Gasteiger partial charge in [-0.3, -0.25) is 14.4 Å². The Balaban J connectivity index is 1.46. The number of hydrogen-bond donors (Lipinski definition) is 3. The number of amides is 3. The molecule has 3 rings (SSSR count). The second-order valence-corrected chi connectivity index (χ2v) is 9.19. The van der Waals surface area contributed by atoms with E-state index in [1.54, 1.807) is 21.9 Å². The third-order valence-electron chi connectivity index (χ3n) is 6.52. The largest absolute Gasteiger partial charge is 0.378 e. The highest BCUT2D eigenvalue weighted by Gasteiger charge is 2.26. The number of benzene rings is 1. The normalized spacial score (nSPS) is 17.4. The Morgan fingerprint density at radius 1 is 1.16 bits per heavy atom. The third kappa shape index (κ3) is 8.33. The number of halogens is 1. The molecule has 0 saturated carbocycles. The monoisotopic (exact) mass is 513 g/mol. The summed E-state index contributed by atoms with van der Waals surface area (Å²) in [7, 11) is 0. The van der Waals surface area contributed by atoms with Crippen molar-refractivity contribution in [1.29, 1.82) is 5.41 Å². The molecule has 0 bridgehead atoms. The molecule has 1 heterocycles. The minimum Gasteiger partial charge on any atom is -0.378 e. The van der Waals surface area contributed by atoms with Gasteiger partial charge in [-0.2, -0.15) is 0 Å². The summed E-state index contributed by atoms with van der Waals surface area (Å²) < 4.78 is 19.9. The van der Waals surface area contributed by atoms with E-state index in [1.165, 1.54) is 6.07 Å². The van der Waals surface area contributed by atoms with Crippen LogP contribution in [-0.4, -0.2) is 92.8 Å². The van der Waals surface area contributed by atoms with Crippen LogP contribution < -0.4 is 10.6 Å². The van der Waals surface area contributed by atoms with Crippen LogP contribution in [-0.2, 0) is 20.7 Å². The number of ether oxygens (including phenoxy) is 1. The molecule has 200 valence electrons. The summed E-state index contributed by atoms with van der Waals surface area (Å²) in [6, 6.07) is 4.47. The van der Waals surface area contributed by atoms with E-state index < -0.39 is 11.7 Å². The Hall–Kier alpha value is -3.37. The van der Waals surface area contributed by atoms with Crippen molar-refractivity contribution in [3.8, 4) is 0 Å². The molecule has 1 aliphatic heterocycles. The van der Waals surface area contributed by atoms with Crippen LogP contribution in [0.25, 0.3) is 0 Å². The number of nitrogens with one attached hydrogen (secondary N) is 3. The quantitative estimate of drug-likeness (QED) is 0.210. The fourth-order valence-electron chi connectivity index (χ4n) is 4.37. The fraction of sp³-hybridized carbons (Fsp3) is 0.481. The van der Waals surface area contributed by atoms with E-state index in [9.17, 15) is 18.8 Å². The van der Waals surface area contributed by atoms with Crippen LogP contribution in [0.4, 0.5) is 4.39 Å². The summed E-state index contributed by atoms with van der Waals surface area (Å²) in [6.45, 7) is 5.44. The van der Waals surface area contributed by atoms with Crippen molar-refractivity contribution in [1.82, 2.24) is 20.4 Å². The summed E-state index contributed by atoms with van der Waals surface area (Å²) >= 11 is 0. The number of hydrogen-bond acceptors (Lipinski definition) is 6. The van der Waals surface area contributed by atoms with E-state index in [0.29, 0.717) is 71.0 Å². The molecule has 10 heteroatoms. The molecule has 0 radical (unpaired) electrons. The van der Waals surface area contributed by atoms with Gasteiger partial charge in [0.2, 0.25) is 12.3 Å². The van der Waals surface area contributed by atoms with E-state index in [-0.39, 0.29) is 23.9 Å². The minimum atomic E-state index is -0.583. The first kappa shape index (κ1) is 28.2. The summed E-state index contributed by atoms with van der Waals surface area (Å²) in [5.41, 5.74) is 2.17. The van der Waals surface area contributed by atoms with E-state index in [4.69, 9.17) is 10.1 Å². The molecule has 1 saturated heterocycles. The fourth-order valence-corrected chi connectivity index (χ4v) is 4.37. The van der Waals surface area contributed by atoms with Crippen LogP contribution in [0.3, 0.4) is 0 Å². The highest BCUT2D eigenvalue weighted by atomic mass is 19.1. The third-order valence-corrected chi connectivity index (χ3v) is 6.52. The van der Waals surface area contributed by atoms with Crippen LogP contribution in [0.1, 0.15) is 29.3 Å². The molecule has 1 aromatic rings. The van der Waals surface area contributed by atoms with E-state index in [1.807, 2.05) is 12.2 Å². The topological polar surface area (TPSA) is 115 Å². The van der Waals surface area contributed by atoms with Crippen LogP contribution in [0.15, 0.2) is 42.0 Å². The highest BCUT2D eigenvalue weighted by molar-refractivity contribution is 6.00. The van der Waals surface area contributed by atoms with Crippen molar-refractivity contribution in [2.75, 3.05) is 59.0 Å². The van der Waals surface area contributed by atoms with Gasteiger partial charge in [0.05, 0.1) is 25.3 Å². The number of rotatable bonds is 13. The van der Waals surface area contributed by atoms with Gasteiger partial charge in [0, 0.05) is 51.4 Å². The van der Waals surface area contributed by atoms with Gasteiger partial charge in [-0.1, -0.05) is 31.2 Å². The Labute approximate surface area is 217 Å². The Bertz CT molecular complexity index is 1030. The van der Waals surface area contributed by atoms with Gasteiger partial charge in [0.1, 0.15) is 5.82 Å². The zero-order valence-corrected chi connectivity index (χ0v) is 21.3. The van der Waals surface area contributed by atoms with Crippen molar-refractivity contribution in [2.45, 2.75) is 19.8 Å². The molecule has 1 atom stereocenters. The van der Waals surface area contributed by atoms with E-state index >= 15 is 0 Å². The number of carbonyl (C=O) groups is 3. The van der Waals surface area contributed by atoms with Gasteiger partial charge in [0.25, 0.3) is 5.91 Å². The van der Waals surface area contributed by atoms with E-state index in [2.05, 4.69) is 23.6 Å². The van der Waals surface area contributed by atoms with Crippen molar-refractivity contribution in [3.63, 3.8) is 0 Å². The maximum Gasteiger partial charge on any atom is 0.256 e. The van der Waals surface area contributed by atoms with Gasteiger partial charge >= 0.3 is 0 Å². The van der Waals surface area contributed by atoms with Crippen molar-refractivity contribution in [2.24, 2.45) is 5.92 Å². The number of allylic oxidation sites excluding steroid dienone is 4. The zero-order valence-electron chi connectivity index (χ0n) is 21.3. The molecule has 3 amide bonds. The summed E-state index contributed by atoms with van der Waals surface area (Å²) in [5, 5.41) is 14.0. The molecular weight excluding hydrogens is 477 g/mol. The molecule has 0 aromatic heterocycles. The zero-order chi connectivity index (χ0) is 26.6. The lowest BCUT2D eigenvalue weighted by Crippen LogP contribution is -2.52. The molecule has 1 aliphatic carbocycles. The second-order valence-electron chi connectivity index (χ2n) is 9.19. The molecule has 1 aromatic carbocycles. The van der Waals surface area contributed by atoms with Crippen LogP contribution >= 0.6 is 0 Å². The van der Waals surface area contributed by atoms with Gasteiger partial charge in [-0.05, 0) is 35.6 Å². The van der Waals surface area contributed by atoms with Crippen molar-refractivity contribution >= 4 is 23.9 Å². The molecule has 9 nitrogen and oxygen atoms in total. The second kappa shape index (κ2) is 14.4. The first-order chi connectivity index (χ1) is 17.9.